The summed E-state index contributed by atoms with van der Waals surface area (Å²) in [5.41, 5.74) is 2.85. The van der Waals surface area contributed by atoms with Crippen LogP contribution in [-0.4, -0.2) is 29.4 Å². The van der Waals surface area contributed by atoms with E-state index in [-0.39, 0.29) is 17.9 Å². The average Bonchev–Trinajstić information content (AvgIpc) is 3.26. The largest absolute Gasteiger partial charge is 0.465 e. The third-order valence-corrected chi connectivity index (χ3v) is 5.31. The number of benzene rings is 2. The topological polar surface area (TPSA) is 79.7 Å². The van der Waals surface area contributed by atoms with Crippen molar-refractivity contribution in [1.82, 2.24) is 9.55 Å². The number of hydrogen-bond donors (Lipinski definition) is 0. The van der Waals surface area contributed by atoms with Gasteiger partial charge in [-0.1, -0.05) is 30.3 Å². The maximum Gasteiger partial charge on any atom is 0.340 e. The summed E-state index contributed by atoms with van der Waals surface area (Å²) in [5, 5.41) is 0.345. The lowest BCUT2D eigenvalue weighted by molar-refractivity contribution is 0.0600. The highest BCUT2D eigenvalue weighted by Crippen LogP contribution is 2.35. The van der Waals surface area contributed by atoms with Crippen molar-refractivity contribution in [3.8, 4) is 28.3 Å². The van der Waals surface area contributed by atoms with Crippen LogP contribution in [0.4, 0.5) is 0 Å². The lowest BCUT2D eigenvalue weighted by Gasteiger charge is -2.15. The molecular formula is C24H18N2O5. The Hall–Kier alpha value is -4.13. The van der Waals surface area contributed by atoms with Gasteiger partial charge in [0.25, 0.3) is 5.56 Å². The van der Waals surface area contributed by atoms with E-state index in [0.29, 0.717) is 39.3 Å². The second-order valence-electron chi connectivity index (χ2n) is 7.09. The molecule has 7 heteroatoms. The van der Waals surface area contributed by atoms with Gasteiger partial charge in [0.1, 0.15) is 0 Å². The van der Waals surface area contributed by atoms with E-state index < -0.39 is 5.97 Å². The first kappa shape index (κ1) is 18.9. The summed E-state index contributed by atoms with van der Waals surface area (Å²) < 4.78 is 17.3. The number of fused-ring (bicyclic) bond motifs is 2. The molecule has 0 atom stereocenters. The van der Waals surface area contributed by atoms with Gasteiger partial charge in [-0.2, -0.15) is 0 Å². The Morgan fingerprint density at radius 2 is 1.84 bits per heavy atom. The fraction of sp³-hybridized carbons (Fsp3) is 0.125. The Balaban J connectivity index is 1.85. The third-order valence-electron chi connectivity index (χ3n) is 5.31. The van der Waals surface area contributed by atoms with Crippen LogP contribution in [0, 0.1) is 6.92 Å². The van der Waals surface area contributed by atoms with Gasteiger partial charge in [-0.3, -0.25) is 14.3 Å². The van der Waals surface area contributed by atoms with Crippen molar-refractivity contribution in [3.63, 3.8) is 0 Å². The number of pyridine rings is 2. The van der Waals surface area contributed by atoms with Crippen LogP contribution in [-0.2, 0) is 4.74 Å². The van der Waals surface area contributed by atoms with Gasteiger partial charge >= 0.3 is 5.97 Å². The van der Waals surface area contributed by atoms with E-state index in [1.54, 1.807) is 37.4 Å². The zero-order valence-electron chi connectivity index (χ0n) is 16.9. The molecule has 0 bridgehead atoms. The minimum Gasteiger partial charge on any atom is -0.465 e. The number of hydrogen-bond acceptors (Lipinski definition) is 6. The monoisotopic (exact) mass is 414 g/mol. The number of rotatable bonds is 3. The number of esters is 1. The normalized spacial score (nSPS) is 12.2. The summed E-state index contributed by atoms with van der Waals surface area (Å²) in [6.07, 6.45) is 1.67. The second-order valence-corrected chi connectivity index (χ2v) is 7.09. The van der Waals surface area contributed by atoms with Crippen LogP contribution in [0.25, 0.3) is 27.7 Å². The molecule has 5 rings (SSSR count). The molecule has 1 aliphatic rings. The molecule has 1 aliphatic heterocycles. The first-order valence-electron chi connectivity index (χ1n) is 9.68. The maximum atomic E-state index is 13.7. The molecule has 0 fully saturated rings. The predicted molar refractivity (Wildman–Crippen MR) is 115 cm³/mol. The van der Waals surface area contributed by atoms with E-state index >= 15 is 0 Å². The summed E-state index contributed by atoms with van der Waals surface area (Å²) in [4.78, 5) is 30.9. The lowest BCUT2D eigenvalue weighted by atomic mass is 9.95. The van der Waals surface area contributed by atoms with E-state index in [0.717, 1.165) is 5.56 Å². The van der Waals surface area contributed by atoms with Crippen molar-refractivity contribution in [2.24, 2.45) is 0 Å². The van der Waals surface area contributed by atoms with Gasteiger partial charge < -0.3 is 14.2 Å². The Morgan fingerprint density at radius 1 is 1.06 bits per heavy atom. The molecule has 0 unspecified atom stereocenters. The van der Waals surface area contributed by atoms with Crippen LogP contribution in [0.2, 0.25) is 0 Å². The Kier molecular flexibility index (Phi) is 4.43. The molecule has 4 aromatic rings. The minimum absolute atomic E-state index is 0.148. The lowest BCUT2D eigenvalue weighted by Crippen LogP contribution is -2.20. The molecule has 0 N–H and O–H groups in total. The summed E-state index contributed by atoms with van der Waals surface area (Å²) >= 11 is 0. The Bertz CT molecular complexity index is 1390. The summed E-state index contributed by atoms with van der Waals surface area (Å²) in [6.45, 7) is 1.89. The fourth-order valence-corrected chi connectivity index (χ4v) is 3.88. The summed E-state index contributed by atoms with van der Waals surface area (Å²) in [7, 11) is 1.32. The molecule has 31 heavy (non-hydrogen) atoms. The van der Waals surface area contributed by atoms with E-state index in [9.17, 15) is 9.59 Å². The van der Waals surface area contributed by atoms with Crippen molar-refractivity contribution in [3.05, 3.63) is 82.4 Å². The Labute approximate surface area is 177 Å². The standard InChI is InChI=1S/C24H18N2O5/c1-14-20(24(28)29-2)21(15-6-4-3-5-7-15)22-17(25-14)10-11-26(23(22)27)16-8-9-18-19(12-16)31-13-30-18/h3-12H,13H2,1-2H3. The molecule has 7 nitrogen and oxygen atoms in total. The van der Waals surface area contributed by atoms with Crippen molar-refractivity contribution < 1.29 is 19.0 Å². The minimum atomic E-state index is -0.538. The van der Waals surface area contributed by atoms with Gasteiger partial charge in [0.05, 0.1) is 35.0 Å². The van der Waals surface area contributed by atoms with Crippen LogP contribution in [0.1, 0.15) is 16.1 Å². The van der Waals surface area contributed by atoms with E-state index in [1.165, 1.54) is 11.7 Å². The van der Waals surface area contributed by atoms with Gasteiger partial charge in [-0.25, -0.2) is 4.79 Å². The van der Waals surface area contributed by atoms with E-state index in [2.05, 4.69) is 4.98 Å². The van der Waals surface area contributed by atoms with Crippen LogP contribution < -0.4 is 15.0 Å². The van der Waals surface area contributed by atoms with Crippen LogP contribution >= 0.6 is 0 Å². The average molecular weight is 414 g/mol. The van der Waals surface area contributed by atoms with Gasteiger partial charge in [0.15, 0.2) is 11.5 Å². The molecule has 154 valence electrons. The van der Waals surface area contributed by atoms with Crippen molar-refractivity contribution in [2.45, 2.75) is 6.92 Å². The zero-order valence-corrected chi connectivity index (χ0v) is 16.9. The number of nitrogens with zero attached hydrogens (tertiary/aromatic N) is 2. The molecular weight excluding hydrogens is 396 g/mol. The SMILES string of the molecule is COC(=O)c1c(C)nc2ccn(-c3ccc4c(c3)OCO4)c(=O)c2c1-c1ccccc1. The highest BCUT2D eigenvalue weighted by Gasteiger charge is 2.24. The second kappa shape index (κ2) is 7.28. The summed E-state index contributed by atoms with van der Waals surface area (Å²) in [5.74, 6) is 0.668. The smallest absolute Gasteiger partial charge is 0.340 e. The highest BCUT2D eigenvalue weighted by molar-refractivity contribution is 6.07. The quantitative estimate of drug-likeness (QED) is 0.474. The zero-order chi connectivity index (χ0) is 21.5. The maximum absolute atomic E-state index is 13.7. The molecule has 0 spiro atoms. The molecule has 2 aromatic heterocycles. The van der Waals surface area contributed by atoms with Crippen LogP contribution in [0.3, 0.4) is 0 Å². The first-order chi connectivity index (χ1) is 15.1. The molecule has 2 aromatic carbocycles. The predicted octanol–water partition coefficient (Wildman–Crippen LogP) is 3.88. The highest BCUT2D eigenvalue weighted by atomic mass is 16.7. The van der Waals surface area contributed by atoms with Crippen LogP contribution in [0.15, 0.2) is 65.6 Å². The number of ether oxygens (including phenoxy) is 3. The molecule has 0 radical (unpaired) electrons. The number of aromatic nitrogens is 2. The molecule has 0 aliphatic carbocycles. The third kappa shape index (κ3) is 3.02. The van der Waals surface area contributed by atoms with E-state index in [1.807, 2.05) is 30.3 Å². The number of aryl methyl sites for hydroxylation is 1. The van der Waals surface area contributed by atoms with Gasteiger partial charge in [0.2, 0.25) is 6.79 Å². The Morgan fingerprint density at radius 3 is 2.61 bits per heavy atom. The van der Waals surface area contributed by atoms with Gasteiger partial charge in [-0.05, 0) is 30.7 Å². The van der Waals surface area contributed by atoms with Crippen molar-refractivity contribution >= 4 is 16.9 Å². The number of carbonyl (C=O) groups excluding carboxylic acids is 1. The first-order valence-corrected chi connectivity index (χ1v) is 9.68. The molecule has 3 heterocycles. The van der Waals surface area contributed by atoms with Gasteiger partial charge in [0, 0.05) is 17.8 Å². The number of methoxy groups -OCH3 is 1. The molecule has 0 saturated carbocycles. The summed E-state index contributed by atoms with van der Waals surface area (Å²) in [6, 6.07) is 16.4. The molecule has 0 saturated heterocycles. The van der Waals surface area contributed by atoms with Crippen molar-refractivity contribution in [2.75, 3.05) is 13.9 Å². The fourth-order valence-electron chi connectivity index (χ4n) is 3.88. The van der Waals surface area contributed by atoms with Crippen molar-refractivity contribution in [1.29, 1.82) is 0 Å². The van der Waals surface area contributed by atoms with Gasteiger partial charge in [-0.15, -0.1) is 0 Å². The number of carbonyl (C=O) groups is 1. The van der Waals surface area contributed by atoms with E-state index in [4.69, 9.17) is 14.2 Å². The van der Waals surface area contributed by atoms with Crippen LogP contribution in [0.5, 0.6) is 11.5 Å². The molecule has 0 amide bonds.